The highest BCUT2D eigenvalue weighted by Crippen LogP contribution is 2.13. The van der Waals surface area contributed by atoms with E-state index in [1.807, 2.05) is 0 Å². The summed E-state index contributed by atoms with van der Waals surface area (Å²) in [6.45, 7) is 2.85. The van der Waals surface area contributed by atoms with Gasteiger partial charge in [0.1, 0.15) is 11.5 Å². The third kappa shape index (κ3) is 2.89. The molecule has 0 amide bonds. The van der Waals surface area contributed by atoms with Crippen LogP contribution in [0, 0.1) is 0 Å². The van der Waals surface area contributed by atoms with E-state index in [0.717, 1.165) is 18.9 Å². The molecule has 17 heavy (non-hydrogen) atoms. The number of ether oxygens (including phenoxy) is 2. The van der Waals surface area contributed by atoms with E-state index in [-0.39, 0.29) is 5.71 Å². The number of esters is 1. The first-order valence-corrected chi connectivity index (χ1v) is 5.75. The molecule has 7 heteroatoms. The van der Waals surface area contributed by atoms with E-state index in [4.69, 9.17) is 16.3 Å². The van der Waals surface area contributed by atoms with Crippen LogP contribution in [-0.4, -0.2) is 55.6 Å². The first-order valence-electron chi connectivity index (χ1n) is 5.32. The summed E-state index contributed by atoms with van der Waals surface area (Å²) in [6.07, 6.45) is 1.65. The Morgan fingerprint density at radius 2 is 2.35 bits per heavy atom. The molecule has 0 radical (unpaired) electrons. The smallest absolute Gasteiger partial charge is 0.356 e. The molecule has 2 heterocycles. The standard InChI is InChI=1S/C10H14ClN3O3/c1-16-9(15)7-6-8(13-10(11)12-7)14-2-4-17-5-3-14/h6,10,13H,2-5H2,1H3. The summed E-state index contributed by atoms with van der Waals surface area (Å²) in [7, 11) is 1.32. The van der Waals surface area contributed by atoms with Crippen LogP contribution in [0.4, 0.5) is 0 Å². The number of methoxy groups -OCH3 is 1. The zero-order chi connectivity index (χ0) is 12.3. The van der Waals surface area contributed by atoms with Crippen LogP contribution >= 0.6 is 11.6 Å². The molecule has 0 aliphatic carbocycles. The van der Waals surface area contributed by atoms with Gasteiger partial charge in [0.15, 0.2) is 5.62 Å². The van der Waals surface area contributed by atoms with Gasteiger partial charge in [0.25, 0.3) is 0 Å². The fourth-order valence-electron chi connectivity index (χ4n) is 1.69. The number of aliphatic imine (C=N–C) groups is 1. The molecule has 1 unspecified atom stereocenters. The second kappa shape index (κ2) is 5.37. The Labute approximate surface area is 104 Å². The summed E-state index contributed by atoms with van der Waals surface area (Å²) in [5, 5.41) is 3.00. The number of nitrogens with zero attached hydrogens (tertiary/aromatic N) is 2. The highest BCUT2D eigenvalue weighted by atomic mass is 35.5. The minimum absolute atomic E-state index is 0.229. The summed E-state index contributed by atoms with van der Waals surface area (Å²) in [5.41, 5.74) is -0.417. The number of halogens is 1. The number of alkyl halides is 1. The van der Waals surface area contributed by atoms with Crippen molar-refractivity contribution in [3.63, 3.8) is 0 Å². The number of nitrogens with one attached hydrogen (secondary N) is 1. The van der Waals surface area contributed by atoms with Gasteiger partial charge in [0.2, 0.25) is 0 Å². The molecule has 0 aromatic heterocycles. The molecule has 0 bridgehead atoms. The fraction of sp³-hybridized carbons (Fsp3) is 0.600. The molecule has 1 atom stereocenters. The maximum Gasteiger partial charge on any atom is 0.356 e. The first-order chi connectivity index (χ1) is 8.20. The summed E-state index contributed by atoms with van der Waals surface area (Å²) in [5.74, 6) is 0.298. The lowest BCUT2D eigenvalue weighted by Gasteiger charge is -2.33. The molecule has 0 saturated carbocycles. The molecule has 2 aliphatic heterocycles. The van der Waals surface area contributed by atoms with Crippen molar-refractivity contribution < 1.29 is 14.3 Å². The van der Waals surface area contributed by atoms with Crippen LogP contribution in [0.3, 0.4) is 0 Å². The van der Waals surface area contributed by atoms with Crippen molar-refractivity contribution in [1.29, 1.82) is 0 Å². The van der Waals surface area contributed by atoms with Crippen molar-refractivity contribution in [2.75, 3.05) is 33.4 Å². The molecule has 1 fully saturated rings. The monoisotopic (exact) mass is 259 g/mol. The van der Waals surface area contributed by atoms with E-state index < -0.39 is 11.6 Å². The van der Waals surface area contributed by atoms with Gasteiger partial charge in [-0.1, -0.05) is 11.6 Å². The molecule has 2 rings (SSSR count). The van der Waals surface area contributed by atoms with Gasteiger partial charge in [-0.3, -0.25) is 0 Å². The number of carbonyl (C=O) groups is 1. The van der Waals surface area contributed by atoms with Crippen LogP contribution in [-0.2, 0) is 14.3 Å². The average molecular weight is 260 g/mol. The lowest BCUT2D eigenvalue weighted by Crippen LogP contribution is -2.44. The third-order valence-electron chi connectivity index (χ3n) is 2.54. The predicted molar refractivity (Wildman–Crippen MR) is 62.7 cm³/mol. The quantitative estimate of drug-likeness (QED) is 0.426. The van der Waals surface area contributed by atoms with Gasteiger partial charge in [0.05, 0.1) is 20.3 Å². The molecule has 0 aromatic rings. The van der Waals surface area contributed by atoms with E-state index in [9.17, 15) is 4.79 Å². The zero-order valence-electron chi connectivity index (χ0n) is 9.48. The Morgan fingerprint density at radius 1 is 1.65 bits per heavy atom. The van der Waals surface area contributed by atoms with Crippen LogP contribution in [0.1, 0.15) is 0 Å². The van der Waals surface area contributed by atoms with Gasteiger partial charge in [-0.05, 0) is 0 Å². The number of morpholine rings is 1. The van der Waals surface area contributed by atoms with Gasteiger partial charge >= 0.3 is 5.97 Å². The van der Waals surface area contributed by atoms with E-state index >= 15 is 0 Å². The van der Waals surface area contributed by atoms with Crippen LogP contribution in [0.2, 0.25) is 0 Å². The van der Waals surface area contributed by atoms with Gasteiger partial charge < -0.3 is 19.7 Å². The summed E-state index contributed by atoms with van der Waals surface area (Å²) in [6, 6.07) is 0. The molecule has 1 saturated heterocycles. The molecular weight excluding hydrogens is 246 g/mol. The van der Waals surface area contributed by atoms with Crippen molar-refractivity contribution >= 4 is 23.3 Å². The van der Waals surface area contributed by atoms with Crippen LogP contribution in [0.5, 0.6) is 0 Å². The van der Waals surface area contributed by atoms with Crippen molar-refractivity contribution in [2.24, 2.45) is 4.99 Å². The summed E-state index contributed by atoms with van der Waals surface area (Å²) < 4.78 is 9.89. The number of hydrogen-bond acceptors (Lipinski definition) is 6. The number of hydrogen-bond donors (Lipinski definition) is 1. The van der Waals surface area contributed by atoms with Crippen LogP contribution in [0.25, 0.3) is 0 Å². The highest BCUT2D eigenvalue weighted by molar-refractivity contribution is 6.42. The minimum atomic E-state index is -0.646. The Hall–Kier alpha value is -1.27. The largest absolute Gasteiger partial charge is 0.464 e. The average Bonchev–Trinajstić information content (AvgIpc) is 2.38. The van der Waals surface area contributed by atoms with E-state index in [0.29, 0.717) is 13.2 Å². The normalized spacial score (nSPS) is 24.6. The topological polar surface area (TPSA) is 63.2 Å². The zero-order valence-corrected chi connectivity index (χ0v) is 10.2. The Kier molecular flexibility index (Phi) is 3.86. The Balaban J connectivity index is 2.13. The van der Waals surface area contributed by atoms with Gasteiger partial charge in [0, 0.05) is 19.2 Å². The SMILES string of the molecule is COC(=O)C1=NC(Cl)NC(N2CCOCC2)=C1. The Morgan fingerprint density at radius 3 is 3.00 bits per heavy atom. The van der Waals surface area contributed by atoms with Gasteiger partial charge in [-0.2, -0.15) is 0 Å². The second-order valence-corrected chi connectivity index (χ2v) is 4.03. The van der Waals surface area contributed by atoms with Crippen molar-refractivity contribution in [1.82, 2.24) is 10.2 Å². The maximum atomic E-state index is 11.4. The van der Waals surface area contributed by atoms with Crippen molar-refractivity contribution in [3.8, 4) is 0 Å². The fourth-order valence-corrected chi connectivity index (χ4v) is 1.90. The lowest BCUT2D eigenvalue weighted by atomic mass is 10.3. The first kappa shape index (κ1) is 12.2. The molecule has 2 aliphatic rings. The number of rotatable bonds is 2. The molecule has 1 N–H and O–H groups in total. The maximum absolute atomic E-state index is 11.4. The second-order valence-electron chi connectivity index (χ2n) is 3.62. The van der Waals surface area contributed by atoms with Gasteiger partial charge in [-0.15, -0.1) is 0 Å². The van der Waals surface area contributed by atoms with Crippen molar-refractivity contribution in [2.45, 2.75) is 5.62 Å². The van der Waals surface area contributed by atoms with Crippen LogP contribution in [0.15, 0.2) is 16.9 Å². The lowest BCUT2D eigenvalue weighted by molar-refractivity contribution is -0.132. The minimum Gasteiger partial charge on any atom is -0.464 e. The van der Waals surface area contributed by atoms with Gasteiger partial charge in [-0.25, -0.2) is 9.79 Å². The Bertz CT molecular complexity index is 364. The van der Waals surface area contributed by atoms with E-state index in [1.54, 1.807) is 6.08 Å². The molecule has 94 valence electrons. The predicted octanol–water partition coefficient (Wildman–Crippen LogP) is -0.100. The number of carbonyl (C=O) groups excluding carboxylic acids is 1. The molecular formula is C10H14ClN3O3. The highest BCUT2D eigenvalue weighted by Gasteiger charge is 2.23. The molecule has 0 aromatic carbocycles. The van der Waals surface area contributed by atoms with E-state index in [1.165, 1.54) is 7.11 Å². The molecule has 0 spiro atoms. The summed E-state index contributed by atoms with van der Waals surface area (Å²) in [4.78, 5) is 17.4. The van der Waals surface area contributed by atoms with E-state index in [2.05, 4.69) is 19.9 Å². The molecule has 6 nitrogen and oxygen atoms in total. The van der Waals surface area contributed by atoms with Crippen LogP contribution < -0.4 is 5.32 Å². The third-order valence-corrected chi connectivity index (χ3v) is 2.75. The summed E-state index contributed by atoms with van der Waals surface area (Å²) >= 11 is 5.92. The van der Waals surface area contributed by atoms with Crippen molar-refractivity contribution in [3.05, 3.63) is 11.9 Å².